The van der Waals surface area contributed by atoms with Crippen LogP contribution < -0.4 is 0 Å². The first-order valence-corrected chi connectivity index (χ1v) is 4.79. The molecule has 1 heterocycles. The Hall–Kier alpha value is -1.79. The van der Waals surface area contributed by atoms with Crippen molar-refractivity contribution in [1.29, 1.82) is 5.26 Å². The van der Waals surface area contributed by atoms with E-state index in [1.54, 1.807) is 11.6 Å². The summed E-state index contributed by atoms with van der Waals surface area (Å²) in [5.74, 6) is 0.706. The molecule has 1 aromatic heterocycles. The highest BCUT2D eigenvalue weighted by Gasteiger charge is 2.13. The van der Waals surface area contributed by atoms with Gasteiger partial charge in [0.2, 0.25) is 0 Å². The Bertz CT molecular complexity index is 523. The third kappa shape index (κ3) is 1.60. The number of nitriles is 1. The quantitative estimate of drug-likeness (QED) is 0.737. The van der Waals surface area contributed by atoms with E-state index in [1.165, 1.54) is 0 Å². The molecule has 0 amide bonds. The first kappa shape index (κ1) is 9.75. The van der Waals surface area contributed by atoms with Crippen LogP contribution in [0.3, 0.4) is 0 Å². The molecule has 0 fully saturated rings. The minimum atomic E-state index is 0.249. The third-order valence-electron chi connectivity index (χ3n) is 2.19. The third-order valence-corrected chi connectivity index (χ3v) is 2.45. The number of halogens is 1. The molecule has 0 bridgehead atoms. The van der Waals surface area contributed by atoms with Crippen molar-refractivity contribution in [2.75, 3.05) is 0 Å². The van der Waals surface area contributed by atoms with Gasteiger partial charge in [-0.2, -0.15) is 5.26 Å². The van der Waals surface area contributed by atoms with Crippen molar-refractivity contribution in [1.82, 2.24) is 9.55 Å². The molecule has 0 aliphatic carbocycles. The van der Waals surface area contributed by atoms with Crippen LogP contribution in [0.15, 0.2) is 30.3 Å². The summed E-state index contributed by atoms with van der Waals surface area (Å²) in [6, 6.07) is 11.7. The van der Waals surface area contributed by atoms with Crippen LogP contribution in [0.25, 0.3) is 11.4 Å². The molecule has 3 nitrogen and oxygen atoms in total. The minimum absolute atomic E-state index is 0.249. The van der Waals surface area contributed by atoms with Crippen molar-refractivity contribution in [3.05, 3.63) is 41.2 Å². The molecule has 2 rings (SSSR count). The molecule has 1 aromatic carbocycles. The molecular formula is C11H8ClN3. The van der Waals surface area contributed by atoms with Gasteiger partial charge in [0.25, 0.3) is 0 Å². The zero-order valence-electron chi connectivity index (χ0n) is 8.11. The average Bonchev–Trinajstić information content (AvgIpc) is 2.55. The highest BCUT2D eigenvalue weighted by atomic mass is 35.5. The molecule has 0 aliphatic rings. The molecule has 0 saturated carbocycles. The monoisotopic (exact) mass is 217 g/mol. The van der Waals surface area contributed by atoms with Crippen molar-refractivity contribution in [3.8, 4) is 17.5 Å². The number of hydrogen-bond donors (Lipinski definition) is 0. The van der Waals surface area contributed by atoms with E-state index >= 15 is 0 Å². The number of nitrogens with zero attached hydrogens (tertiary/aromatic N) is 3. The van der Waals surface area contributed by atoms with Gasteiger partial charge in [-0.15, -0.1) is 0 Å². The summed E-state index contributed by atoms with van der Waals surface area (Å²) in [4.78, 5) is 4.16. The van der Waals surface area contributed by atoms with Gasteiger partial charge in [-0.3, -0.25) is 0 Å². The molecule has 0 saturated heterocycles. The molecule has 15 heavy (non-hydrogen) atoms. The normalized spacial score (nSPS) is 9.93. The van der Waals surface area contributed by atoms with Crippen LogP contribution in [-0.4, -0.2) is 9.55 Å². The smallest absolute Gasteiger partial charge is 0.166 e. The van der Waals surface area contributed by atoms with E-state index in [4.69, 9.17) is 16.9 Å². The lowest BCUT2D eigenvalue weighted by molar-refractivity contribution is 0.907. The first-order valence-electron chi connectivity index (χ1n) is 4.41. The Balaban J connectivity index is 2.62. The summed E-state index contributed by atoms with van der Waals surface area (Å²) in [5.41, 5.74) is 1.33. The highest BCUT2D eigenvalue weighted by molar-refractivity contribution is 6.30. The maximum absolute atomic E-state index is 8.86. The number of rotatable bonds is 1. The van der Waals surface area contributed by atoms with Crippen molar-refractivity contribution < 1.29 is 0 Å². The van der Waals surface area contributed by atoms with Gasteiger partial charge in [-0.1, -0.05) is 41.9 Å². The molecule has 0 N–H and O–H groups in total. The fraction of sp³-hybridized carbons (Fsp3) is 0.0909. The summed E-state index contributed by atoms with van der Waals surface area (Å²) in [7, 11) is 1.78. The Labute approximate surface area is 92.6 Å². The molecule has 0 radical (unpaired) electrons. The van der Waals surface area contributed by atoms with Gasteiger partial charge >= 0.3 is 0 Å². The first-order chi connectivity index (χ1) is 7.24. The largest absolute Gasteiger partial charge is 0.318 e. The van der Waals surface area contributed by atoms with Gasteiger partial charge in [0.05, 0.1) is 0 Å². The van der Waals surface area contributed by atoms with Gasteiger partial charge < -0.3 is 4.57 Å². The van der Waals surface area contributed by atoms with Crippen LogP contribution in [0.5, 0.6) is 0 Å². The van der Waals surface area contributed by atoms with E-state index in [2.05, 4.69) is 4.98 Å². The lowest BCUT2D eigenvalue weighted by Crippen LogP contribution is -1.95. The van der Waals surface area contributed by atoms with Crippen molar-refractivity contribution in [3.63, 3.8) is 0 Å². The van der Waals surface area contributed by atoms with E-state index in [0.29, 0.717) is 11.5 Å². The van der Waals surface area contributed by atoms with E-state index in [9.17, 15) is 0 Å². The van der Waals surface area contributed by atoms with Crippen molar-refractivity contribution in [2.45, 2.75) is 0 Å². The Morgan fingerprint density at radius 3 is 2.53 bits per heavy atom. The summed E-state index contributed by atoms with van der Waals surface area (Å²) < 4.78 is 1.69. The Kier molecular flexibility index (Phi) is 2.44. The SMILES string of the molecule is Cn1c(-c2ccccc2)nc(Cl)c1C#N. The summed E-state index contributed by atoms with van der Waals surface area (Å²) in [5, 5.41) is 9.11. The number of imidazole rings is 1. The molecule has 4 heteroatoms. The van der Waals surface area contributed by atoms with E-state index in [-0.39, 0.29) is 5.15 Å². The molecule has 0 aliphatic heterocycles. The molecule has 0 spiro atoms. The second-order valence-electron chi connectivity index (χ2n) is 3.11. The van der Waals surface area contributed by atoms with Crippen LogP contribution in [0, 0.1) is 11.3 Å². The Morgan fingerprint density at radius 2 is 2.00 bits per heavy atom. The van der Waals surface area contributed by atoms with E-state index in [1.807, 2.05) is 36.4 Å². The molecule has 0 unspecified atom stereocenters. The lowest BCUT2D eigenvalue weighted by Gasteiger charge is -2.00. The van der Waals surface area contributed by atoms with Crippen molar-refractivity contribution >= 4 is 11.6 Å². The topological polar surface area (TPSA) is 41.6 Å². The zero-order chi connectivity index (χ0) is 10.8. The van der Waals surface area contributed by atoms with Crippen LogP contribution in [0.2, 0.25) is 5.15 Å². The van der Waals surface area contributed by atoms with Crippen LogP contribution in [-0.2, 0) is 7.05 Å². The number of benzene rings is 1. The van der Waals surface area contributed by atoms with Gasteiger partial charge in [0.1, 0.15) is 11.9 Å². The van der Waals surface area contributed by atoms with Gasteiger partial charge in [0, 0.05) is 12.6 Å². The molecule has 74 valence electrons. The second kappa shape index (κ2) is 3.76. The lowest BCUT2D eigenvalue weighted by atomic mass is 10.2. The fourth-order valence-electron chi connectivity index (χ4n) is 1.43. The molecule has 2 aromatic rings. The maximum Gasteiger partial charge on any atom is 0.166 e. The summed E-state index contributed by atoms with van der Waals surface area (Å²) >= 11 is 5.85. The molecule has 0 atom stereocenters. The van der Waals surface area contributed by atoms with Gasteiger partial charge in [-0.25, -0.2) is 4.98 Å². The zero-order valence-corrected chi connectivity index (χ0v) is 8.86. The minimum Gasteiger partial charge on any atom is -0.318 e. The Morgan fingerprint density at radius 1 is 1.33 bits per heavy atom. The van der Waals surface area contributed by atoms with Crippen LogP contribution in [0.4, 0.5) is 0 Å². The second-order valence-corrected chi connectivity index (χ2v) is 3.47. The average molecular weight is 218 g/mol. The standard InChI is InChI=1S/C11H8ClN3/c1-15-9(7-13)10(12)14-11(15)8-5-3-2-4-6-8/h2-6H,1H3. The van der Waals surface area contributed by atoms with Crippen LogP contribution in [0.1, 0.15) is 5.69 Å². The van der Waals surface area contributed by atoms with E-state index < -0.39 is 0 Å². The number of aromatic nitrogens is 2. The van der Waals surface area contributed by atoms with Gasteiger partial charge in [-0.05, 0) is 0 Å². The maximum atomic E-state index is 8.86. The highest BCUT2D eigenvalue weighted by Crippen LogP contribution is 2.23. The predicted octanol–water partition coefficient (Wildman–Crippen LogP) is 2.61. The van der Waals surface area contributed by atoms with Crippen molar-refractivity contribution in [2.24, 2.45) is 7.05 Å². The van der Waals surface area contributed by atoms with E-state index in [0.717, 1.165) is 5.56 Å². The van der Waals surface area contributed by atoms with Crippen LogP contribution >= 0.6 is 11.6 Å². The number of hydrogen-bond acceptors (Lipinski definition) is 2. The predicted molar refractivity (Wildman–Crippen MR) is 58.4 cm³/mol. The summed E-state index contributed by atoms with van der Waals surface area (Å²) in [6.07, 6.45) is 0. The summed E-state index contributed by atoms with van der Waals surface area (Å²) in [6.45, 7) is 0. The van der Waals surface area contributed by atoms with Gasteiger partial charge in [0.15, 0.2) is 10.8 Å². The molecular weight excluding hydrogens is 210 g/mol. The fourth-order valence-corrected chi connectivity index (χ4v) is 1.68.